The Bertz CT molecular complexity index is 263. The molecule has 3 atom stereocenters. The van der Waals surface area contributed by atoms with E-state index in [4.69, 9.17) is 5.73 Å². The van der Waals surface area contributed by atoms with Gasteiger partial charge in [0, 0.05) is 19.0 Å². The van der Waals surface area contributed by atoms with Crippen LogP contribution in [-0.2, 0) is 4.79 Å². The highest BCUT2D eigenvalue weighted by atomic mass is 16.2. The van der Waals surface area contributed by atoms with Crippen LogP contribution < -0.4 is 5.73 Å². The van der Waals surface area contributed by atoms with Gasteiger partial charge in [-0.05, 0) is 37.6 Å². The summed E-state index contributed by atoms with van der Waals surface area (Å²) < 4.78 is 0. The molecule has 17 heavy (non-hydrogen) atoms. The standard InChI is InChI=1S/C14H26N2O/c1-2-11(10-15)9-14(17)16-8-7-12-5-3-4-6-13(12)16/h11-13H,2-10,15H2,1H3. The van der Waals surface area contributed by atoms with Crippen LogP contribution in [0.15, 0.2) is 0 Å². The number of carbonyl (C=O) groups excluding carboxylic acids is 1. The SMILES string of the molecule is CCC(CN)CC(=O)N1CCC2CCCCC21. The van der Waals surface area contributed by atoms with Crippen molar-refractivity contribution < 1.29 is 4.79 Å². The molecule has 1 saturated heterocycles. The van der Waals surface area contributed by atoms with Crippen molar-refractivity contribution in [3.8, 4) is 0 Å². The van der Waals surface area contributed by atoms with Gasteiger partial charge in [-0.25, -0.2) is 0 Å². The number of nitrogens with two attached hydrogens (primary N) is 1. The van der Waals surface area contributed by atoms with Gasteiger partial charge in [0.15, 0.2) is 0 Å². The van der Waals surface area contributed by atoms with E-state index in [-0.39, 0.29) is 0 Å². The molecule has 1 heterocycles. The summed E-state index contributed by atoms with van der Waals surface area (Å²) in [5.41, 5.74) is 5.69. The number of hydrogen-bond acceptors (Lipinski definition) is 2. The van der Waals surface area contributed by atoms with Gasteiger partial charge in [0.05, 0.1) is 0 Å². The first-order valence-corrected chi connectivity index (χ1v) is 7.25. The average Bonchev–Trinajstić information content (AvgIpc) is 2.79. The van der Waals surface area contributed by atoms with Crippen LogP contribution in [0, 0.1) is 11.8 Å². The lowest BCUT2D eigenvalue weighted by Crippen LogP contribution is -2.40. The summed E-state index contributed by atoms with van der Waals surface area (Å²) in [4.78, 5) is 14.5. The molecule has 1 aliphatic heterocycles. The lowest BCUT2D eigenvalue weighted by Gasteiger charge is -2.32. The molecule has 2 rings (SSSR count). The van der Waals surface area contributed by atoms with E-state index in [1.54, 1.807) is 0 Å². The number of amides is 1. The number of hydrogen-bond donors (Lipinski definition) is 1. The second kappa shape index (κ2) is 5.85. The topological polar surface area (TPSA) is 46.3 Å². The molecule has 0 bridgehead atoms. The predicted molar refractivity (Wildman–Crippen MR) is 69.5 cm³/mol. The van der Waals surface area contributed by atoms with Gasteiger partial charge in [-0.15, -0.1) is 0 Å². The van der Waals surface area contributed by atoms with E-state index in [9.17, 15) is 4.79 Å². The molecule has 2 aliphatic rings. The summed E-state index contributed by atoms with van der Waals surface area (Å²) in [7, 11) is 0. The minimum absolute atomic E-state index is 0.358. The zero-order valence-corrected chi connectivity index (χ0v) is 11.0. The molecule has 0 radical (unpaired) electrons. The first kappa shape index (κ1) is 12.9. The summed E-state index contributed by atoms with van der Waals surface area (Å²) >= 11 is 0. The Morgan fingerprint density at radius 2 is 2.12 bits per heavy atom. The molecule has 1 amide bonds. The summed E-state index contributed by atoms with van der Waals surface area (Å²) in [5, 5.41) is 0. The lowest BCUT2D eigenvalue weighted by atomic mass is 9.85. The molecule has 2 N–H and O–H groups in total. The van der Waals surface area contributed by atoms with Crippen LogP contribution in [0.4, 0.5) is 0 Å². The average molecular weight is 238 g/mol. The largest absolute Gasteiger partial charge is 0.339 e. The quantitative estimate of drug-likeness (QED) is 0.815. The highest BCUT2D eigenvalue weighted by molar-refractivity contribution is 5.77. The van der Waals surface area contributed by atoms with E-state index >= 15 is 0 Å². The van der Waals surface area contributed by atoms with Crippen LogP contribution >= 0.6 is 0 Å². The number of carbonyl (C=O) groups is 1. The molecule has 0 spiro atoms. The van der Waals surface area contributed by atoms with E-state index in [0.717, 1.165) is 18.9 Å². The van der Waals surface area contributed by atoms with Crippen molar-refractivity contribution in [1.29, 1.82) is 0 Å². The molecule has 3 nitrogen and oxygen atoms in total. The highest BCUT2D eigenvalue weighted by Crippen LogP contribution is 2.36. The second-order valence-electron chi connectivity index (χ2n) is 5.70. The van der Waals surface area contributed by atoms with Gasteiger partial charge >= 0.3 is 0 Å². The molecule has 2 fully saturated rings. The summed E-state index contributed by atoms with van der Waals surface area (Å²) in [5.74, 6) is 1.53. The fraction of sp³-hybridized carbons (Fsp3) is 0.929. The van der Waals surface area contributed by atoms with Crippen LogP contribution in [0.3, 0.4) is 0 Å². The Balaban J connectivity index is 1.91. The molecule has 1 aliphatic carbocycles. The zero-order valence-electron chi connectivity index (χ0n) is 11.0. The fourth-order valence-electron chi connectivity index (χ4n) is 3.47. The van der Waals surface area contributed by atoms with Crippen LogP contribution in [0.2, 0.25) is 0 Å². The van der Waals surface area contributed by atoms with Gasteiger partial charge in [0.25, 0.3) is 0 Å². The Hall–Kier alpha value is -0.570. The summed E-state index contributed by atoms with van der Waals surface area (Å²) in [6, 6.07) is 0.562. The second-order valence-corrected chi connectivity index (χ2v) is 5.70. The van der Waals surface area contributed by atoms with Crippen LogP contribution in [0.5, 0.6) is 0 Å². The Morgan fingerprint density at radius 3 is 2.82 bits per heavy atom. The van der Waals surface area contributed by atoms with E-state index in [1.165, 1.54) is 32.1 Å². The van der Waals surface area contributed by atoms with Gasteiger partial charge in [0.2, 0.25) is 5.91 Å². The Labute approximate surface area is 105 Å². The molecule has 3 unspecified atom stereocenters. The van der Waals surface area contributed by atoms with Crippen LogP contribution in [0.25, 0.3) is 0 Å². The molecule has 0 aromatic heterocycles. The maximum Gasteiger partial charge on any atom is 0.223 e. The van der Waals surface area contributed by atoms with E-state index in [0.29, 0.717) is 30.8 Å². The fourth-order valence-corrected chi connectivity index (χ4v) is 3.47. The molecule has 0 aromatic carbocycles. The normalized spacial score (nSPS) is 30.1. The van der Waals surface area contributed by atoms with Crippen LogP contribution in [0.1, 0.15) is 51.9 Å². The van der Waals surface area contributed by atoms with E-state index < -0.39 is 0 Å². The van der Waals surface area contributed by atoms with Crippen molar-refractivity contribution in [3.63, 3.8) is 0 Å². The predicted octanol–water partition coefficient (Wildman–Crippen LogP) is 2.15. The first-order chi connectivity index (χ1) is 8.26. The van der Waals surface area contributed by atoms with Crippen molar-refractivity contribution >= 4 is 5.91 Å². The highest BCUT2D eigenvalue weighted by Gasteiger charge is 2.38. The number of fused-ring (bicyclic) bond motifs is 1. The third-order valence-corrected chi connectivity index (χ3v) is 4.70. The third-order valence-electron chi connectivity index (χ3n) is 4.70. The van der Waals surface area contributed by atoms with E-state index in [1.807, 2.05) is 0 Å². The third kappa shape index (κ3) is 2.82. The van der Waals surface area contributed by atoms with Crippen molar-refractivity contribution in [2.75, 3.05) is 13.1 Å². The van der Waals surface area contributed by atoms with Gasteiger partial charge in [-0.2, -0.15) is 0 Å². The Kier molecular flexibility index (Phi) is 4.43. The monoisotopic (exact) mass is 238 g/mol. The van der Waals surface area contributed by atoms with Crippen molar-refractivity contribution in [3.05, 3.63) is 0 Å². The molecule has 1 saturated carbocycles. The van der Waals surface area contributed by atoms with Gasteiger partial charge in [-0.1, -0.05) is 26.2 Å². The van der Waals surface area contributed by atoms with Crippen LogP contribution in [-0.4, -0.2) is 29.9 Å². The molecule has 3 heteroatoms. The van der Waals surface area contributed by atoms with E-state index in [2.05, 4.69) is 11.8 Å². The molecule has 0 aromatic rings. The maximum atomic E-state index is 12.3. The summed E-state index contributed by atoms with van der Waals surface area (Å²) in [6.07, 6.45) is 8.15. The van der Waals surface area contributed by atoms with Crippen molar-refractivity contribution in [1.82, 2.24) is 4.90 Å². The maximum absolute atomic E-state index is 12.3. The van der Waals surface area contributed by atoms with Gasteiger partial charge < -0.3 is 10.6 Å². The summed E-state index contributed by atoms with van der Waals surface area (Å²) in [6.45, 7) is 3.76. The number of likely N-dealkylation sites (tertiary alicyclic amines) is 1. The minimum Gasteiger partial charge on any atom is -0.339 e. The smallest absolute Gasteiger partial charge is 0.223 e. The number of rotatable bonds is 4. The first-order valence-electron chi connectivity index (χ1n) is 7.25. The molecular formula is C14H26N2O. The molecular weight excluding hydrogens is 212 g/mol. The van der Waals surface area contributed by atoms with Crippen molar-refractivity contribution in [2.24, 2.45) is 17.6 Å². The molecule has 98 valence electrons. The lowest BCUT2D eigenvalue weighted by molar-refractivity contribution is -0.133. The van der Waals surface area contributed by atoms with Crippen molar-refractivity contribution in [2.45, 2.75) is 57.9 Å². The van der Waals surface area contributed by atoms with Gasteiger partial charge in [0.1, 0.15) is 0 Å². The Morgan fingerprint density at radius 1 is 1.35 bits per heavy atom. The minimum atomic E-state index is 0.358. The number of nitrogens with zero attached hydrogens (tertiary/aromatic N) is 1. The zero-order chi connectivity index (χ0) is 12.3. The van der Waals surface area contributed by atoms with Gasteiger partial charge in [-0.3, -0.25) is 4.79 Å².